The number of allylic oxidation sites excluding steroid dienone is 2. The lowest BCUT2D eigenvalue weighted by Crippen LogP contribution is -2.41. The van der Waals surface area contributed by atoms with Crippen molar-refractivity contribution >= 4 is 41.8 Å². The smallest absolute Gasteiger partial charge is 0.233 e. The molecule has 8 heteroatoms. The van der Waals surface area contributed by atoms with Gasteiger partial charge in [-0.2, -0.15) is 0 Å². The molecule has 1 saturated heterocycles. The van der Waals surface area contributed by atoms with Gasteiger partial charge >= 0.3 is 0 Å². The number of nitrogens with two attached hydrogens (primary N) is 1. The van der Waals surface area contributed by atoms with E-state index in [1.807, 2.05) is 6.92 Å². The standard InChI is InChI=1S/C16H24N4O3.HI/c1-9(8-23-2)19-16(17)18-5-6-20-14(21)12-10-3-4-11(7-10)13(12)15(20)22;/h3-4,9-13H,5-8H2,1-2H3,(H3,17,18,19);1H. The first kappa shape index (κ1) is 19.2. The van der Waals surface area contributed by atoms with Crippen molar-refractivity contribution in [2.75, 3.05) is 26.8 Å². The second-order valence-corrected chi connectivity index (χ2v) is 6.60. The van der Waals surface area contributed by atoms with Crippen molar-refractivity contribution in [2.45, 2.75) is 19.4 Å². The maximum Gasteiger partial charge on any atom is 0.233 e. The van der Waals surface area contributed by atoms with Crippen LogP contribution in [0, 0.1) is 23.7 Å². The molecule has 2 fully saturated rings. The minimum Gasteiger partial charge on any atom is -0.383 e. The summed E-state index contributed by atoms with van der Waals surface area (Å²) in [5.74, 6) is 0.443. The molecular formula is C16H25IN4O3. The molecule has 24 heavy (non-hydrogen) atoms. The summed E-state index contributed by atoms with van der Waals surface area (Å²) < 4.78 is 5.01. The van der Waals surface area contributed by atoms with Crippen molar-refractivity contribution in [1.29, 1.82) is 0 Å². The minimum atomic E-state index is -0.140. The minimum absolute atomic E-state index is 0. The van der Waals surface area contributed by atoms with Crippen LogP contribution < -0.4 is 11.1 Å². The summed E-state index contributed by atoms with van der Waals surface area (Å²) in [5.41, 5.74) is 5.79. The molecule has 0 radical (unpaired) electrons. The van der Waals surface area contributed by atoms with Crippen LogP contribution in [0.1, 0.15) is 13.3 Å². The number of fused-ring (bicyclic) bond motifs is 5. The molecule has 0 aromatic heterocycles. The van der Waals surface area contributed by atoms with Gasteiger partial charge in [-0.15, -0.1) is 24.0 Å². The summed E-state index contributed by atoms with van der Waals surface area (Å²) in [7, 11) is 1.62. The highest BCUT2D eigenvalue weighted by Crippen LogP contribution is 2.52. The topological polar surface area (TPSA) is 97.0 Å². The van der Waals surface area contributed by atoms with Gasteiger partial charge in [-0.3, -0.25) is 19.5 Å². The maximum absolute atomic E-state index is 12.5. The van der Waals surface area contributed by atoms with E-state index in [-0.39, 0.29) is 65.5 Å². The molecule has 7 nitrogen and oxygen atoms in total. The highest BCUT2D eigenvalue weighted by molar-refractivity contribution is 14.0. The third kappa shape index (κ3) is 3.44. The van der Waals surface area contributed by atoms with E-state index in [1.165, 1.54) is 4.90 Å². The van der Waals surface area contributed by atoms with E-state index >= 15 is 0 Å². The summed E-state index contributed by atoms with van der Waals surface area (Å²) in [6, 6.07) is 0.0554. The molecule has 1 heterocycles. The lowest BCUT2D eigenvalue weighted by Gasteiger charge is -2.17. The van der Waals surface area contributed by atoms with Crippen LogP contribution in [-0.2, 0) is 14.3 Å². The lowest BCUT2D eigenvalue weighted by atomic mass is 9.85. The summed E-state index contributed by atoms with van der Waals surface area (Å²) in [4.78, 5) is 30.5. The van der Waals surface area contributed by atoms with Gasteiger partial charge < -0.3 is 15.8 Å². The Morgan fingerprint density at radius 2 is 1.96 bits per heavy atom. The zero-order chi connectivity index (χ0) is 16.6. The maximum atomic E-state index is 12.5. The average Bonchev–Trinajstić information content (AvgIpc) is 3.16. The highest BCUT2D eigenvalue weighted by Gasteiger charge is 2.58. The predicted octanol–water partition coefficient (Wildman–Crippen LogP) is 0.351. The number of nitrogens with one attached hydrogen (secondary N) is 1. The Morgan fingerprint density at radius 3 is 2.50 bits per heavy atom. The van der Waals surface area contributed by atoms with Crippen molar-refractivity contribution in [3.8, 4) is 0 Å². The fraction of sp³-hybridized carbons (Fsp3) is 0.688. The van der Waals surface area contributed by atoms with Crippen LogP contribution in [0.5, 0.6) is 0 Å². The first-order chi connectivity index (χ1) is 11.0. The van der Waals surface area contributed by atoms with E-state index in [9.17, 15) is 9.59 Å². The Labute approximate surface area is 159 Å². The number of imide groups is 1. The second kappa shape index (κ2) is 7.81. The molecule has 0 aromatic rings. The van der Waals surface area contributed by atoms with Crippen LogP contribution >= 0.6 is 24.0 Å². The number of halogens is 1. The Morgan fingerprint density at radius 1 is 1.38 bits per heavy atom. The molecule has 3 N–H and O–H groups in total. The zero-order valence-electron chi connectivity index (χ0n) is 14.0. The van der Waals surface area contributed by atoms with Gasteiger partial charge in [-0.1, -0.05) is 12.2 Å². The van der Waals surface area contributed by atoms with Gasteiger partial charge in [-0.05, 0) is 25.2 Å². The van der Waals surface area contributed by atoms with E-state index in [1.54, 1.807) is 7.11 Å². The van der Waals surface area contributed by atoms with E-state index in [0.717, 1.165) is 6.42 Å². The number of guanidine groups is 1. The molecule has 0 aromatic carbocycles. The van der Waals surface area contributed by atoms with Crippen molar-refractivity contribution in [3.63, 3.8) is 0 Å². The van der Waals surface area contributed by atoms with Crippen LogP contribution in [0.15, 0.2) is 17.1 Å². The number of methoxy groups -OCH3 is 1. The molecule has 134 valence electrons. The number of aliphatic imine (C=N–C) groups is 1. The number of likely N-dealkylation sites (tertiary alicyclic amines) is 1. The Hall–Kier alpha value is -1.16. The number of nitrogens with zero attached hydrogens (tertiary/aromatic N) is 2. The fourth-order valence-corrected chi connectivity index (χ4v) is 4.04. The molecule has 3 rings (SSSR count). The number of amides is 2. The molecule has 2 amide bonds. The van der Waals surface area contributed by atoms with E-state index < -0.39 is 0 Å². The van der Waals surface area contributed by atoms with Crippen LogP contribution in [0.3, 0.4) is 0 Å². The third-order valence-electron chi connectivity index (χ3n) is 4.98. The highest BCUT2D eigenvalue weighted by atomic mass is 127. The third-order valence-corrected chi connectivity index (χ3v) is 4.98. The van der Waals surface area contributed by atoms with Crippen molar-refractivity contribution in [1.82, 2.24) is 10.2 Å². The Bertz CT molecular complexity index is 536. The lowest BCUT2D eigenvalue weighted by molar-refractivity contribution is -0.140. The number of carbonyl (C=O) groups excluding carboxylic acids is 2. The van der Waals surface area contributed by atoms with E-state index in [0.29, 0.717) is 25.7 Å². The number of hydrogen-bond acceptors (Lipinski definition) is 4. The first-order valence-electron chi connectivity index (χ1n) is 8.12. The second-order valence-electron chi connectivity index (χ2n) is 6.60. The van der Waals surface area contributed by atoms with Crippen molar-refractivity contribution in [3.05, 3.63) is 12.2 Å². The van der Waals surface area contributed by atoms with E-state index in [2.05, 4.69) is 22.5 Å². The van der Waals surface area contributed by atoms with Gasteiger partial charge in [-0.25, -0.2) is 0 Å². The van der Waals surface area contributed by atoms with Crippen LogP contribution in [-0.4, -0.2) is 55.5 Å². The van der Waals surface area contributed by atoms with Crippen LogP contribution in [0.4, 0.5) is 0 Å². The molecule has 1 saturated carbocycles. The molecule has 3 aliphatic rings. The Kier molecular flexibility index (Phi) is 6.24. The monoisotopic (exact) mass is 448 g/mol. The van der Waals surface area contributed by atoms with Crippen LogP contribution in [0.2, 0.25) is 0 Å². The summed E-state index contributed by atoms with van der Waals surface area (Å²) in [5, 5.41) is 3.00. The van der Waals surface area contributed by atoms with Gasteiger partial charge in [0.05, 0.1) is 25.0 Å². The molecule has 5 unspecified atom stereocenters. The van der Waals surface area contributed by atoms with Gasteiger partial charge in [0.15, 0.2) is 5.96 Å². The predicted molar refractivity (Wildman–Crippen MR) is 101 cm³/mol. The number of hydrogen-bond donors (Lipinski definition) is 2. The number of ether oxygens (including phenoxy) is 1. The fourth-order valence-electron chi connectivity index (χ4n) is 4.04. The molecule has 2 aliphatic carbocycles. The van der Waals surface area contributed by atoms with Gasteiger partial charge in [0.2, 0.25) is 11.8 Å². The Balaban J connectivity index is 0.00000208. The SMILES string of the molecule is COCC(C)NC(N)=NCCN1C(=O)C2C3C=CC(C3)C2C1=O.I. The van der Waals surface area contributed by atoms with Gasteiger partial charge in [0.25, 0.3) is 0 Å². The quantitative estimate of drug-likeness (QED) is 0.201. The van der Waals surface area contributed by atoms with Crippen LogP contribution in [0.25, 0.3) is 0 Å². The van der Waals surface area contributed by atoms with Gasteiger partial charge in [0, 0.05) is 19.7 Å². The van der Waals surface area contributed by atoms with Crippen molar-refractivity contribution < 1.29 is 14.3 Å². The molecule has 2 bridgehead atoms. The molecule has 0 spiro atoms. The molecule has 5 atom stereocenters. The molecule has 1 aliphatic heterocycles. The van der Waals surface area contributed by atoms with Crippen molar-refractivity contribution in [2.24, 2.45) is 34.4 Å². The average molecular weight is 448 g/mol. The normalized spacial score (nSPS) is 32.1. The number of rotatable bonds is 6. The van der Waals surface area contributed by atoms with Gasteiger partial charge in [0.1, 0.15) is 0 Å². The van der Waals surface area contributed by atoms with E-state index in [4.69, 9.17) is 10.5 Å². The first-order valence-corrected chi connectivity index (χ1v) is 8.12. The summed E-state index contributed by atoms with van der Waals surface area (Å²) in [6.07, 6.45) is 5.14. The summed E-state index contributed by atoms with van der Waals surface area (Å²) >= 11 is 0. The zero-order valence-corrected chi connectivity index (χ0v) is 16.3. The summed E-state index contributed by atoms with van der Waals surface area (Å²) in [6.45, 7) is 3.07. The molecular weight excluding hydrogens is 423 g/mol. The largest absolute Gasteiger partial charge is 0.383 e. The number of carbonyl (C=O) groups is 2.